The van der Waals surface area contributed by atoms with Gasteiger partial charge in [0.15, 0.2) is 0 Å². The first-order valence-electron chi connectivity index (χ1n) is 5.45. The van der Waals surface area contributed by atoms with E-state index in [1.165, 1.54) is 25.3 Å². The monoisotopic (exact) mass is 270 g/mol. The van der Waals surface area contributed by atoms with E-state index >= 15 is 0 Å². The molecule has 1 rings (SSSR count). The van der Waals surface area contributed by atoms with Crippen LogP contribution in [0.1, 0.15) is 18.1 Å². The number of halogens is 3. The van der Waals surface area contributed by atoms with Gasteiger partial charge in [-0.15, -0.1) is 0 Å². The van der Waals surface area contributed by atoms with Gasteiger partial charge in [-0.3, -0.25) is 0 Å². The molecule has 0 saturated carbocycles. The number of carbonyl (C=O) groups is 1. The highest BCUT2D eigenvalue weighted by Crippen LogP contribution is 2.30. The molecule has 1 aromatic rings. The number of ether oxygens (including phenoxy) is 1. The quantitative estimate of drug-likeness (QED) is 0.474. The maximum Gasteiger partial charge on any atom is 0.416 e. The summed E-state index contributed by atoms with van der Waals surface area (Å²) in [6, 6.07) is 5.01. The van der Waals surface area contributed by atoms with E-state index in [0.717, 1.165) is 12.1 Å². The molecule has 0 aromatic heterocycles. The Bertz CT molecular complexity index is 514. The average Bonchev–Trinajstić information content (AvgIpc) is 2.37. The van der Waals surface area contributed by atoms with Crippen molar-refractivity contribution >= 4 is 11.5 Å². The van der Waals surface area contributed by atoms with E-state index < -0.39 is 17.7 Å². The van der Waals surface area contributed by atoms with Crippen LogP contribution in [-0.4, -0.2) is 13.1 Å². The average molecular weight is 270 g/mol. The van der Waals surface area contributed by atoms with Crippen molar-refractivity contribution in [1.82, 2.24) is 0 Å². The van der Waals surface area contributed by atoms with Crippen molar-refractivity contribution in [2.45, 2.75) is 13.1 Å². The Morgan fingerprint density at radius 3 is 2.58 bits per heavy atom. The van der Waals surface area contributed by atoms with Gasteiger partial charge in [0, 0.05) is 6.08 Å². The Morgan fingerprint density at radius 1 is 1.32 bits per heavy atom. The predicted molar refractivity (Wildman–Crippen MR) is 66.3 cm³/mol. The van der Waals surface area contributed by atoms with Gasteiger partial charge in [0.2, 0.25) is 0 Å². The van der Waals surface area contributed by atoms with Gasteiger partial charge in [-0.2, -0.15) is 13.2 Å². The van der Waals surface area contributed by atoms with Crippen molar-refractivity contribution in [1.29, 1.82) is 0 Å². The van der Waals surface area contributed by atoms with Crippen molar-refractivity contribution < 1.29 is 22.7 Å². The highest BCUT2D eigenvalue weighted by molar-refractivity contribution is 5.82. The highest BCUT2D eigenvalue weighted by atomic mass is 19.4. The Labute approximate surface area is 109 Å². The summed E-state index contributed by atoms with van der Waals surface area (Å²) in [6.45, 7) is 1.66. The summed E-state index contributed by atoms with van der Waals surface area (Å²) in [4.78, 5) is 10.8. The van der Waals surface area contributed by atoms with Crippen LogP contribution in [-0.2, 0) is 15.7 Å². The SMILES string of the molecule is COC(=O)/C=C/C=C(\C)c1cccc(C(F)(F)F)c1. The molecule has 0 bridgehead atoms. The number of hydrogen-bond donors (Lipinski definition) is 0. The molecule has 0 saturated heterocycles. The van der Waals surface area contributed by atoms with Gasteiger partial charge in [0.05, 0.1) is 12.7 Å². The Morgan fingerprint density at radius 2 is 2.00 bits per heavy atom. The van der Waals surface area contributed by atoms with Gasteiger partial charge in [-0.05, 0) is 30.2 Å². The van der Waals surface area contributed by atoms with E-state index in [1.807, 2.05) is 0 Å². The van der Waals surface area contributed by atoms with Gasteiger partial charge in [-0.1, -0.05) is 24.3 Å². The number of benzene rings is 1. The van der Waals surface area contributed by atoms with Gasteiger partial charge in [0.25, 0.3) is 0 Å². The van der Waals surface area contributed by atoms with Crippen LogP contribution in [0, 0.1) is 0 Å². The molecule has 0 radical (unpaired) electrons. The van der Waals surface area contributed by atoms with Gasteiger partial charge < -0.3 is 4.74 Å². The summed E-state index contributed by atoms with van der Waals surface area (Å²) in [5.74, 6) is -0.520. The van der Waals surface area contributed by atoms with Crippen LogP contribution in [0.25, 0.3) is 5.57 Å². The summed E-state index contributed by atoms with van der Waals surface area (Å²) >= 11 is 0. The van der Waals surface area contributed by atoms with Gasteiger partial charge in [0.1, 0.15) is 0 Å². The zero-order valence-corrected chi connectivity index (χ0v) is 10.5. The van der Waals surface area contributed by atoms with E-state index in [9.17, 15) is 18.0 Å². The van der Waals surface area contributed by atoms with Crippen molar-refractivity contribution in [3.63, 3.8) is 0 Å². The Hall–Kier alpha value is -2.04. The number of esters is 1. The lowest BCUT2D eigenvalue weighted by atomic mass is 10.0. The van der Waals surface area contributed by atoms with Crippen LogP contribution in [0.3, 0.4) is 0 Å². The fourth-order valence-corrected chi connectivity index (χ4v) is 1.38. The number of rotatable bonds is 3. The summed E-state index contributed by atoms with van der Waals surface area (Å²) in [5, 5.41) is 0. The number of alkyl halides is 3. The van der Waals surface area contributed by atoms with Gasteiger partial charge in [-0.25, -0.2) is 4.79 Å². The van der Waals surface area contributed by atoms with Crippen molar-refractivity contribution in [2.24, 2.45) is 0 Å². The number of hydrogen-bond acceptors (Lipinski definition) is 2. The predicted octanol–water partition coefficient (Wildman–Crippen LogP) is 3.84. The minimum Gasteiger partial charge on any atom is -0.466 e. The highest BCUT2D eigenvalue weighted by Gasteiger charge is 2.30. The molecule has 5 heteroatoms. The standard InChI is InChI=1S/C14H13F3O2/c1-10(5-3-8-13(18)19-2)11-6-4-7-12(9-11)14(15,16)17/h3-9H,1-2H3/b8-3+,10-5+. The third-order valence-electron chi connectivity index (χ3n) is 2.42. The molecule has 1 aromatic carbocycles. The third kappa shape index (κ3) is 4.62. The minimum absolute atomic E-state index is 0.448. The molecule has 0 amide bonds. The topological polar surface area (TPSA) is 26.3 Å². The third-order valence-corrected chi connectivity index (χ3v) is 2.42. The van der Waals surface area contributed by atoms with E-state index in [4.69, 9.17) is 0 Å². The zero-order valence-electron chi connectivity index (χ0n) is 10.5. The van der Waals surface area contributed by atoms with Crippen molar-refractivity contribution in [2.75, 3.05) is 7.11 Å². The molecule has 0 aliphatic carbocycles. The second-order valence-electron chi connectivity index (χ2n) is 3.81. The molecule has 102 valence electrons. The van der Waals surface area contributed by atoms with E-state index in [1.54, 1.807) is 19.1 Å². The number of allylic oxidation sites excluding steroid dienone is 3. The van der Waals surface area contributed by atoms with Crippen LogP contribution in [0.15, 0.2) is 42.5 Å². The molecule has 0 heterocycles. The second-order valence-corrected chi connectivity index (χ2v) is 3.81. The fraction of sp³-hybridized carbons (Fsp3) is 0.214. The van der Waals surface area contributed by atoms with E-state index in [-0.39, 0.29) is 0 Å². The number of methoxy groups -OCH3 is 1. The first-order valence-corrected chi connectivity index (χ1v) is 5.45. The normalized spacial score (nSPS) is 12.8. The summed E-state index contributed by atoms with van der Waals surface area (Å²) in [6.07, 6.45) is -0.191. The molecule has 0 unspecified atom stereocenters. The minimum atomic E-state index is -4.36. The van der Waals surface area contributed by atoms with E-state index in [0.29, 0.717) is 11.1 Å². The summed E-state index contributed by atoms with van der Waals surface area (Å²) in [5.41, 5.74) is 0.366. The maximum atomic E-state index is 12.5. The lowest BCUT2D eigenvalue weighted by molar-refractivity contribution is -0.137. The molecule has 0 aliphatic heterocycles. The summed E-state index contributed by atoms with van der Waals surface area (Å²) < 4.78 is 42.0. The van der Waals surface area contributed by atoms with Crippen molar-refractivity contribution in [3.05, 3.63) is 53.6 Å². The van der Waals surface area contributed by atoms with Crippen LogP contribution in [0.2, 0.25) is 0 Å². The second kappa shape index (κ2) is 6.22. The zero-order chi connectivity index (χ0) is 14.5. The van der Waals surface area contributed by atoms with Crippen molar-refractivity contribution in [3.8, 4) is 0 Å². The Kier molecular flexibility index (Phi) is 4.92. The Balaban J connectivity index is 2.94. The lowest BCUT2D eigenvalue weighted by Crippen LogP contribution is -2.04. The smallest absolute Gasteiger partial charge is 0.416 e. The molecule has 0 N–H and O–H groups in total. The first kappa shape index (κ1) is 15.0. The molecule has 0 aliphatic rings. The summed E-state index contributed by atoms with van der Waals surface area (Å²) in [7, 11) is 1.25. The number of carbonyl (C=O) groups excluding carboxylic acids is 1. The van der Waals surface area contributed by atoms with Crippen LogP contribution in [0.5, 0.6) is 0 Å². The maximum absolute atomic E-state index is 12.5. The molecular weight excluding hydrogens is 257 g/mol. The first-order chi connectivity index (χ1) is 8.84. The molecule has 2 nitrogen and oxygen atoms in total. The lowest BCUT2D eigenvalue weighted by Gasteiger charge is -2.08. The fourth-order valence-electron chi connectivity index (χ4n) is 1.38. The van der Waals surface area contributed by atoms with Crippen LogP contribution in [0.4, 0.5) is 13.2 Å². The largest absolute Gasteiger partial charge is 0.466 e. The molecule has 0 spiro atoms. The molecule has 0 fully saturated rings. The molecule has 0 atom stereocenters. The van der Waals surface area contributed by atoms with E-state index in [2.05, 4.69) is 4.74 Å². The molecular formula is C14H13F3O2. The van der Waals surface area contributed by atoms with Crippen LogP contribution < -0.4 is 0 Å². The molecule has 19 heavy (non-hydrogen) atoms. The van der Waals surface area contributed by atoms with Gasteiger partial charge >= 0.3 is 12.1 Å². The van der Waals surface area contributed by atoms with Crippen LogP contribution >= 0.6 is 0 Å².